The number of hydrogen-bond acceptors (Lipinski definition) is 5. The maximum Gasteiger partial charge on any atom is 0.188 e. The molecule has 1 fully saturated rings. The van der Waals surface area contributed by atoms with Crippen molar-refractivity contribution >= 4 is 5.69 Å². The van der Waals surface area contributed by atoms with Crippen molar-refractivity contribution in [2.24, 2.45) is 0 Å². The Balaban J connectivity index is 1.91. The van der Waals surface area contributed by atoms with Gasteiger partial charge >= 0.3 is 0 Å². The highest BCUT2D eigenvalue weighted by Gasteiger charge is 2.23. The van der Waals surface area contributed by atoms with Crippen LogP contribution in [0.2, 0.25) is 0 Å². The van der Waals surface area contributed by atoms with Crippen LogP contribution in [0.4, 0.5) is 5.69 Å². The van der Waals surface area contributed by atoms with Crippen LogP contribution in [0.25, 0.3) is 0 Å². The van der Waals surface area contributed by atoms with Crippen LogP contribution in [0.1, 0.15) is 0 Å². The number of rotatable bonds is 6. The van der Waals surface area contributed by atoms with Gasteiger partial charge in [0, 0.05) is 13.2 Å². The second-order valence-electron chi connectivity index (χ2n) is 3.52. The molecule has 1 aromatic carbocycles. The lowest BCUT2D eigenvalue weighted by Crippen LogP contribution is -2.05. The van der Waals surface area contributed by atoms with Crippen molar-refractivity contribution < 1.29 is 18.9 Å². The first kappa shape index (κ1) is 11.0. The molecule has 1 aliphatic rings. The predicted octanol–water partition coefficient (Wildman–Crippen LogP) is 1.03. The molecule has 1 saturated heterocycles. The molecule has 2 rings (SSSR count). The molecule has 1 atom stereocenters. The van der Waals surface area contributed by atoms with Crippen molar-refractivity contribution in [1.82, 2.24) is 0 Å². The highest BCUT2D eigenvalue weighted by Crippen LogP contribution is 2.27. The SMILES string of the molecule is COCOc1ccc(OC[C@@H]2CO2)cc1N. The molecule has 5 nitrogen and oxygen atoms in total. The monoisotopic (exact) mass is 225 g/mol. The highest BCUT2D eigenvalue weighted by molar-refractivity contribution is 5.56. The second-order valence-corrected chi connectivity index (χ2v) is 3.52. The first-order valence-electron chi connectivity index (χ1n) is 5.05. The summed E-state index contributed by atoms with van der Waals surface area (Å²) >= 11 is 0. The van der Waals surface area contributed by atoms with Gasteiger partial charge in [-0.05, 0) is 12.1 Å². The van der Waals surface area contributed by atoms with Gasteiger partial charge in [0.1, 0.15) is 24.2 Å². The molecule has 0 spiro atoms. The van der Waals surface area contributed by atoms with E-state index in [0.717, 1.165) is 12.4 Å². The number of nitrogens with two attached hydrogens (primary N) is 1. The summed E-state index contributed by atoms with van der Waals surface area (Å²) in [7, 11) is 1.56. The van der Waals surface area contributed by atoms with Gasteiger partial charge in [0.25, 0.3) is 0 Å². The van der Waals surface area contributed by atoms with Crippen LogP contribution in [0, 0.1) is 0 Å². The molecule has 1 aliphatic heterocycles. The average Bonchev–Trinajstić information content (AvgIpc) is 3.09. The zero-order chi connectivity index (χ0) is 11.4. The van der Waals surface area contributed by atoms with Crippen molar-refractivity contribution in [2.45, 2.75) is 6.10 Å². The van der Waals surface area contributed by atoms with Crippen LogP contribution in [-0.4, -0.2) is 33.2 Å². The number of ether oxygens (including phenoxy) is 4. The molecule has 16 heavy (non-hydrogen) atoms. The van der Waals surface area contributed by atoms with E-state index in [1.165, 1.54) is 0 Å². The number of methoxy groups -OCH3 is 1. The zero-order valence-electron chi connectivity index (χ0n) is 9.14. The van der Waals surface area contributed by atoms with Crippen LogP contribution >= 0.6 is 0 Å². The number of nitrogen functional groups attached to an aromatic ring is 1. The summed E-state index contributed by atoms with van der Waals surface area (Å²) in [6, 6.07) is 5.30. The standard InChI is InChI=1S/C11H15NO4/c1-13-7-16-11-3-2-8(4-10(11)12)14-5-9-6-15-9/h2-4,9H,5-7,12H2,1H3/t9-/m1/s1. The Kier molecular flexibility index (Phi) is 3.48. The molecule has 5 heteroatoms. The molecule has 0 radical (unpaired) electrons. The lowest BCUT2D eigenvalue weighted by atomic mass is 10.3. The number of epoxide rings is 1. The number of anilines is 1. The smallest absolute Gasteiger partial charge is 0.188 e. The zero-order valence-corrected chi connectivity index (χ0v) is 9.14. The second kappa shape index (κ2) is 5.05. The lowest BCUT2D eigenvalue weighted by molar-refractivity contribution is 0.0516. The van der Waals surface area contributed by atoms with Gasteiger partial charge in [-0.2, -0.15) is 0 Å². The number of hydrogen-bond donors (Lipinski definition) is 1. The van der Waals surface area contributed by atoms with Crippen molar-refractivity contribution in [3.05, 3.63) is 18.2 Å². The van der Waals surface area contributed by atoms with Gasteiger partial charge in [0.2, 0.25) is 0 Å². The summed E-state index contributed by atoms with van der Waals surface area (Å²) in [5.41, 5.74) is 6.33. The minimum Gasteiger partial charge on any atom is -0.491 e. The first-order valence-corrected chi connectivity index (χ1v) is 5.05. The van der Waals surface area contributed by atoms with Crippen molar-refractivity contribution in [3.63, 3.8) is 0 Å². The van der Waals surface area contributed by atoms with Gasteiger partial charge in [0.05, 0.1) is 12.3 Å². The summed E-state index contributed by atoms with van der Waals surface area (Å²) < 4.78 is 20.6. The number of benzene rings is 1. The summed E-state index contributed by atoms with van der Waals surface area (Å²) in [6.45, 7) is 1.53. The molecule has 88 valence electrons. The van der Waals surface area contributed by atoms with Crippen LogP contribution in [0.15, 0.2) is 18.2 Å². The highest BCUT2D eigenvalue weighted by atomic mass is 16.7. The van der Waals surface area contributed by atoms with Crippen molar-refractivity contribution in [3.8, 4) is 11.5 Å². The van der Waals surface area contributed by atoms with E-state index in [1.807, 2.05) is 6.07 Å². The summed E-state index contributed by atoms with van der Waals surface area (Å²) in [5, 5.41) is 0. The van der Waals surface area contributed by atoms with Gasteiger partial charge in [0.15, 0.2) is 6.79 Å². The minimum atomic E-state index is 0.181. The van der Waals surface area contributed by atoms with E-state index in [9.17, 15) is 0 Å². The molecule has 0 aromatic heterocycles. The predicted molar refractivity (Wildman–Crippen MR) is 58.6 cm³/mol. The third-order valence-electron chi connectivity index (χ3n) is 2.15. The largest absolute Gasteiger partial charge is 0.491 e. The van der Waals surface area contributed by atoms with E-state index in [0.29, 0.717) is 18.0 Å². The molecule has 0 saturated carbocycles. The summed E-state index contributed by atoms with van der Waals surface area (Å²) in [6.07, 6.45) is 0.241. The Morgan fingerprint density at radius 2 is 2.25 bits per heavy atom. The fourth-order valence-corrected chi connectivity index (χ4v) is 1.22. The Morgan fingerprint density at radius 3 is 2.88 bits per heavy atom. The van der Waals surface area contributed by atoms with E-state index in [-0.39, 0.29) is 12.9 Å². The van der Waals surface area contributed by atoms with Crippen LogP contribution in [-0.2, 0) is 9.47 Å². The summed E-state index contributed by atoms with van der Waals surface area (Å²) in [5.74, 6) is 1.31. The van der Waals surface area contributed by atoms with E-state index < -0.39 is 0 Å². The van der Waals surface area contributed by atoms with E-state index in [2.05, 4.69) is 0 Å². The minimum absolute atomic E-state index is 0.181. The van der Waals surface area contributed by atoms with Gasteiger partial charge in [-0.1, -0.05) is 0 Å². The normalized spacial score (nSPS) is 18.2. The van der Waals surface area contributed by atoms with Crippen LogP contribution < -0.4 is 15.2 Å². The Bertz CT molecular complexity index is 352. The molecular formula is C11H15NO4. The fraction of sp³-hybridized carbons (Fsp3) is 0.455. The van der Waals surface area contributed by atoms with Gasteiger partial charge in [-0.15, -0.1) is 0 Å². The molecule has 1 heterocycles. The third-order valence-corrected chi connectivity index (χ3v) is 2.15. The van der Waals surface area contributed by atoms with Crippen LogP contribution in [0.3, 0.4) is 0 Å². The Hall–Kier alpha value is -1.46. The molecule has 2 N–H and O–H groups in total. The maximum absolute atomic E-state index is 5.79. The molecule has 0 aliphatic carbocycles. The summed E-state index contributed by atoms with van der Waals surface area (Å²) in [4.78, 5) is 0. The van der Waals surface area contributed by atoms with Gasteiger partial charge in [-0.3, -0.25) is 0 Å². The molecule has 0 bridgehead atoms. The van der Waals surface area contributed by atoms with Gasteiger partial charge < -0.3 is 24.7 Å². The maximum atomic E-state index is 5.79. The first-order chi connectivity index (χ1) is 7.79. The Labute approximate surface area is 94.0 Å². The van der Waals surface area contributed by atoms with Crippen LogP contribution in [0.5, 0.6) is 11.5 Å². The third kappa shape index (κ3) is 3.01. The molecule has 1 aromatic rings. The topological polar surface area (TPSA) is 66.2 Å². The van der Waals surface area contributed by atoms with E-state index in [1.54, 1.807) is 19.2 Å². The fourth-order valence-electron chi connectivity index (χ4n) is 1.22. The van der Waals surface area contributed by atoms with Crippen molar-refractivity contribution in [2.75, 3.05) is 32.9 Å². The average molecular weight is 225 g/mol. The van der Waals surface area contributed by atoms with E-state index in [4.69, 9.17) is 24.7 Å². The van der Waals surface area contributed by atoms with Crippen molar-refractivity contribution in [1.29, 1.82) is 0 Å². The lowest BCUT2D eigenvalue weighted by Gasteiger charge is -2.10. The molecular weight excluding hydrogens is 210 g/mol. The Morgan fingerprint density at radius 1 is 1.44 bits per heavy atom. The van der Waals surface area contributed by atoms with Gasteiger partial charge in [-0.25, -0.2) is 0 Å². The molecule has 0 unspecified atom stereocenters. The van der Waals surface area contributed by atoms with E-state index >= 15 is 0 Å². The molecule has 0 amide bonds. The quantitative estimate of drug-likeness (QED) is 0.445.